The largest absolute Gasteiger partial charge is 0.317 e. The fourth-order valence-electron chi connectivity index (χ4n) is 3.54. The maximum Gasteiger partial charge on any atom is 0.226 e. The Kier molecular flexibility index (Phi) is 5.64. The van der Waals surface area contributed by atoms with Crippen LogP contribution in [0, 0.1) is 29.6 Å². The van der Waals surface area contributed by atoms with Gasteiger partial charge in [0.15, 0.2) is 0 Å². The smallest absolute Gasteiger partial charge is 0.226 e. The normalized spacial score (nSPS) is 16.7. The van der Waals surface area contributed by atoms with Crippen molar-refractivity contribution in [2.75, 3.05) is 5.32 Å². The van der Waals surface area contributed by atoms with Gasteiger partial charge in [-0.05, 0) is 43.1 Å². The van der Waals surface area contributed by atoms with Crippen molar-refractivity contribution in [3.8, 4) is 6.07 Å². The Morgan fingerprint density at radius 1 is 1.52 bits per heavy atom. The zero-order valence-corrected chi connectivity index (χ0v) is 17.8. The first-order valence-corrected chi connectivity index (χ1v) is 10.4. The van der Waals surface area contributed by atoms with Crippen LogP contribution in [0.25, 0.3) is 0 Å². The lowest BCUT2D eigenvalue weighted by molar-refractivity contribution is -0.116. The molecular weight excluding hydrogens is 380 g/mol. The van der Waals surface area contributed by atoms with Crippen molar-refractivity contribution in [1.82, 2.24) is 9.78 Å². The van der Waals surface area contributed by atoms with Gasteiger partial charge in [0.05, 0.1) is 16.3 Å². The van der Waals surface area contributed by atoms with Crippen LogP contribution in [-0.4, -0.2) is 15.7 Å². The van der Waals surface area contributed by atoms with Gasteiger partial charge < -0.3 is 5.32 Å². The SMILES string of the molecule is Cc1nn(CCC(=O)Nc2sc3c(c2C#N)CCC(C(C)(C)C)C3)cc1Cl. The summed E-state index contributed by atoms with van der Waals surface area (Å²) < 4.78 is 1.68. The van der Waals surface area contributed by atoms with Gasteiger partial charge in [0, 0.05) is 24.0 Å². The molecule has 0 bridgehead atoms. The van der Waals surface area contributed by atoms with Gasteiger partial charge in [0.1, 0.15) is 11.1 Å². The number of amides is 1. The minimum Gasteiger partial charge on any atom is -0.317 e. The van der Waals surface area contributed by atoms with Crippen molar-refractivity contribution in [1.29, 1.82) is 5.26 Å². The fourth-order valence-corrected chi connectivity index (χ4v) is 4.99. The Balaban J connectivity index is 1.69. The van der Waals surface area contributed by atoms with Gasteiger partial charge in [-0.3, -0.25) is 9.48 Å². The maximum atomic E-state index is 12.4. The van der Waals surface area contributed by atoms with Crippen molar-refractivity contribution < 1.29 is 4.79 Å². The van der Waals surface area contributed by atoms with E-state index in [1.54, 1.807) is 22.2 Å². The Labute approximate surface area is 169 Å². The summed E-state index contributed by atoms with van der Waals surface area (Å²) in [7, 11) is 0. The van der Waals surface area contributed by atoms with Crippen molar-refractivity contribution in [3.63, 3.8) is 0 Å². The molecule has 0 saturated carbocycles. The number of hydrogen-bond acceptors (Lipinski definition) is 4. The van der Waals surface area contributed by atoms with Crippen LogP contribution >= 0.6 is 22.9 Å². The van der Waals surface area contributed by atoms with E-state index in [0.29, 0.717) is 28.0 Å². The van der Waals surface area contributed by atoms with Gasteiger partial charge in [0.25, 0.3) is 0 Å². The number of carbonyl (C=O) groups is 1. The summed E-state index contributed by atoms with van der Waals surface area (Å²) in [6, 6.07) is 2.31. The summed E-state index contributed by atoms with van der Waals surface area (Å²) >= 11 is 7.56. The molecule has 1 amide bonds. The summed E-state index contributed by atoms with van der Waals surface area (Å²) in [5.41, 5.74) is 2.78. The average molecular weight is 405 g/mol. The minimum atomic E-state index is -0.109. The standard InChI is InChI=1S/C20H25ClN4OS/c1-12-16(21)11-25(24-12)8-7-18(26)23-19-15(10-22)14-6-5-13(20(2,3)4)9-17(14)27-19/h11,13H,5-9H2,1-4H3,(H,23,26). The highest BCUT2D eigenvalue weighted by Gasteiger charge is 2.32. The summed E-state index contributed by atoms with van der Waals surface area (Å²) in [4.78, 5) is 13.6. The van der Waals surface area contributed by atoms with Crippen LogP contribution in [0.5, 0.6) is 0 Å². The topological polar surface area (TPSA) is 70.7 Å². The Hall–Kier alpha value is -1.84. The van der Waals surface area contributed by atoms with Crippen LogP contribution in [0.3, 0.4) is 0 Å². The van der Waals surface area contributed by atoms with Crippen molar-refractivity contribution in [3.05, 3.63) is 32.9 Å². The Morgan fingerprint density at radius 2 is 2.26 bits per heavy atom. The molecule has 0 aliphatic heterocycles. The first-order chi connectivity index (χ1) is 12.7. The molecule has 7 heteroatoms. The molecule has 1 atom stereocenters. The van der Waals surface area contributed by atoms with Crippen LogP contribution in [0.2, 0.25) is 5.02 Å². The average Bonchev–Trinajstić information content (AvgIpc) is 3.10. The number of hydrogen-bond donors (Lipinski definition) is 1. The second-order valence-electron chi connectivity index (χ2n) is 8.25. The van der Waals surface area contributed by atoms with E-state index in [2.05, 4.69) is 37.3 Å². The third-order valence-electron chi connectivity index (χ3n) is 5.31. The number of fused-ring (bicyclic) bond motifs is 1. The van der Waals surface area contributed by atoms with E-state index in [0.717, 1.165) is 30.5 Å². The summed E-state index contributed by atoms with van der Waals surface area (Å²) in [5.74, 6) is 0.494. The second-order valence-corrected chi connectivity index (χ2v) is 9.76. The molecular formula is C20H25ClN4OS. The number of carbonyl (C=O) groups excluding carboxylic acids is 1. The molecule has 1 N–H and O–H groups in total. The molecule has 5 nitrogen and oxygen atoms in total. The van der Waals surface area contributed by atoms with Crippen LogP contribution in [0.1, 0.15) is 55.3 Å². The van der Waals surface area contributed by atoms with E-state index >= 15 is 0 Å². The van der Waals surface area contributed by atoms with Gasteiger partial charge in [-0.2, -0.15) is 10.4 Å². The molecule has 1 aliphatic rings. The molecule has 0 aromatic carbocycles. The number of nitrogens with one attached hydrogen (secondary N) is 1. The third kappa shape index (κ3) is 4.36. The molecule has 2 aromatic heterocycles. The van der Waals surface area contributed by atoms with E-state index in [9.17, 15) is 10.1 Å². The van der Waals surface area contributed by atoms with E-state index < -0.39 is 0 Å². The third-order valence-corrected chi connectivity index (χ3v) is 6.85. The Bertz CT molecular complexity index is 881. The zero-order valence-electron chi connectivity index (χ0n) is 16.2. The minimum absolute atomic E-state index is 0.109. The predicted molar refractivity (Wildman–Crippen MR) is 109 cm³/mol. The number of aromatic nitrogens is 2. The molecule has 1 unspecified atom stereocenters. The maximum absolute atomic E-state index is 12.4. The lowest BCUT2D eigenvalue weighted by Crippen LogP contribution is -2.26. The molecule has 0 fully saturated rings. The Morgan fingerprint density at radius 3 is 2.85 bits per heavy atom. The molecule has 2 aromatic rings. The van der Waals surface area contributed by atoms with E-state index in [1.165, 1.54) is 4.88 Å². The first-order valence-electron chi connectivity index (χ1n) is 9.23. The van der Waals surface area contributed by atoms with Gasteiger partial charge in [-0.1, -0.05) is 32.4 Å². The van der Waals surface area contributed by atoms with E-state index in [-0.39, 0.29) is 17.7 Å². The first kappa shape index (κ1) is 19.9. The van der Waals surface area contributed by atoms with E-state index in [4.69, 9.17) is 11.6 Å². The molecule has 1 aliphatic carbocycles. The van der Waals surface area contributed by atoms with Crippen LogP contribution in [0.4, 0.5) is 5.00 Å². The van der Waals surface area contributed by atoms with Crippen LogP contribution in [0.15, 0.2) is 6.20 Å². The quantitative estimate of drug-likeness (QED) is 0.782. The van der Waals surface area contributed by atoms with Gasteiger partial charge in [-0.25, -0.2) is 0 Å². The van der Waals surface area contributed by atoms with Crippen LogP contribution in [-0.2, 0) is 24.2 Å². The second kappa shape index (κ2) is 7.65. The summed E-state index contributed by atoms with van der Waals surface area (Å²) in [5, 5.41) is 18.1. The highest BCUT2D eigenvalue weighted by atomic mass is 35.5. The number of anilines is 1. The fraction of sp³-hybridized carbons (Fsp3) is 0.550. The summed E-state index contributed by atoms with van der Waals surface area (Å²) in [6.07, 6.45) is 5.00. The van der Waals surface area contributed by atoms with Crippen LogP contribution < -0.4 is 5.32 Å². The predicted octanol–water partition coefficient (Wildman–Crippen LogP) is 4.96. The van der Waals surface area contributed by atoms with Gasteiger partial charge in [0.2, 0.25) is 5.91 Å². The van der Waals surface area contributed by atoms with Crippen molar-refractivity contribution in [2.24, 2.45) is 11.3 Å². The van der Waals surface area contributed by atoms with Gasteiger partial charge >= 0.3 is 0 Å². The number of thiophene rings is 1. The van der Waals surface area contributed by atoms with E-state index in [1.807, 2.05) is 6.92 Å². The number of nitrogens with zero attached hydrogens (tertiary/aromatic N) is 3. The monoisotopic (exact) mass is 404 g/mol. The summed E-state index contributed by atoms with van der Waals surface area (Å²) in [6.45, 7) is 9.10. The van der Waals surface area contributed by atoms with Gasteiger partial charge in [-0.15, -0.1) is 11.3 Å². The number of rotatable bonds is 4. The lowest BCUT2D eigenvalue weighted by atomic mass is 9.72. The number of halogens is 1. The lowest BCUT2D eigenvalue weighted by Gasteiger charge is -2.33. The number of aryl methyl sites for hydroxylation is 2. The molecule has 2 heterocycles. The highest BCUT2D eigenvalue weighted by Crippen LogP contribution is 2.44. The molecule has 0 radical (unpaired) electrons. The molecule has 27 heavy (non-hydrogen) atoms. The number of nitriles is 1. The molecule has 0 saturated heterocycles. The highest BCUT2D eigenvalue weighted by molar-refractivity contribution is 7.16. The van der Waals surface area contributed by atoms with Crippen molar-refractivity contribution in [2.45, 2.75) is 59.9 Å². The molecule has 3 rings (SSSR count). The molecule has 144 valence electrons. The molecule has 0 spiro atoms. The van der Waals surface area contributed by atoms with Crippen molar-refractivity contribution >= 4 is 33.8 Å². The zero-order chi connectivity index (χ0) is 19.8.